The van der Waals surface area contributed by atoms with E-state index in [0.29, 0.717) is 24.8 Å². The molecule has 1 aromatic rings. The zero-order valence-corrected chi connectivity index (χ0v) is 9.45. The van der Waals surface area contributed by atoms with Gasteiger partial charge in [0.15, 0.2) is 0 Å². The van der Waals surface area contributed by atoms with Gasteiger partial charge in [-0.15, -0.1) is 10.2 Å². The smallest absolute Gasteiger partial charge is 0.218 e. The lowest BCUT2D eigenvalue weighted by Crippen LogP contribution is -2.16. The minimum atomic E-state index is 0.644. The van der Waals surface area contributed by atoms with Crippen LogP contribution in [-0.4, -0.2) is 36.5 Å². The van der Waals surface area contributed by atoms with E-state index in [2.05, 4.69) is 22.4 Å². The van der Waals surface area contributed by atoms with Crippen LogP contribution in [0.15, 0.2) is 4.42 Å². The number of nitrogens with zero attached hydrogens (tertiary/aromatic N) is 2. The van der Waals surface area contributed by atoms with Crippen molar-refractivity contribution < 1.29 is 9.15 Å². The van der Waals surface area contributed by atoms with E-state index in [9.17, 15) is 0 Å². The van der Waals surface area contributed by atoms with Crippen molar-refractivity contribution in [3.05, 3.63) is 11.8 Å². The molecule has 15 heavy (non-hydrogen) atoms. The van der Waals surface area contributed by atoms with Gasteiger partial charge >= 0.3 is 0 Å². The van der Waals surface area contributed by atoms with Gasteiger partial charge in [0.2, 0.25) is 11.8 Å². The van der Waals surface area contributed by atoms with Crippen molar-refractivity contribution >= 4 is 0 Å². The predicted molar refractivity (Wildman–Crippen MR) is 56.7 cm³/mol. The summed E-state index contributed by atoms with van der Waals surface area (Å²) in [7, 11) is 0. The highest BCUT2D eigenvalue weighted by atomic mass is 16.5. The molecule has 86 valence electrons. The molecule has 1 N–H and O–H groups in total. The molecular weight excluding hydrogens is 194 g/mol. The van der Waals surface area contributed by atoms with Crippen molar-refractivity contribution in [1.82, 2.24) is 15.5 Å². The first-order chi connectivity index (χ1) is 7.36. The highest BCUT2D eigenvalue weighted by molar-refractivity contribution is 4.82. The van der Waals surface area contributed by atoms with Gasteiger partial charge in [-0.25, -0.2) is 0 Å². The van der Waals surface area contributed by atoms with Gasteiger partial charge in [0, 0.05) is 26.0 Å². The minimum absolute atomic E-state index is 0.644. The molecular formula is C10H19N3O2. The van der Waals surface area contributed by atoms with Gasteiger partial charge in [0.05, 0.1) is 6.61 Å². The Labute approximate surface area is 90.2 Å². The Hall–Kier alpha value is -0.940. The Bertz CT molecular complexity index is 238. The fourth-order valence-electron chi connectivity index (χ4n) is 1.17. The van der Waals surface area contributed by atoms with Crippen LogP contribution in [0.1, 0.15) is 25.6 Å². The summed E-state index contributed by atoms with van der Waals surface area (Å²) in [6, 6.07) is 0. The second-order valence-electron chi connectivity index (χ2n) is 3.14. The van der Waals surface area contributed by atoms with Gasteiger partial charge in [0.25, 0.3) is 0 Å². The number of ether oxygens (including phenoxy) is 1. The fourth-order valence-corrected chi connectivity index (χ4v) is 1.17. The summed E-state index contributed by atoms with van der Waals surface area (Å²) in [5.41, 5.74) is 0. The highest BCUT2D eigenvalue weighted by Gasteiger charge is 2.04. The number of nitrogens with one attached hydrogen (secondary N) is 1. The molecule has 0 aliphatic carbocycles. The van der Waals surface area contributed by atoms with Crippen LogP contribution in [0.5, 0.6) is 0 Å². The highest BCUT2D eigenvalue weighted by Crippen LogP contribution is 2.01. The average Bonchev–Trinajstić information content (AvgIpc) is 2.67. The lowest BCUT2D eigenvalue weighted by atomic mass is 10.4. The first-order valence-corrected chi connectivity index (χ1v) is 5.46. The molecule has 0 spiro atoms. The van der Waals surface area contributed by atoms with Crippen molar-refractivity contribution in [2.24, 2.45) is 0 Å². The zero-order chi connectivity index (χ0) is 10.9. The average molecular weight is 213 g/mol. The van der Waals surface area contributed by atoms with Crippen LogP contribution in [0.4, 0.5) is 0 Å². The molecule has 0 saturated heterocycles. The van der Waals surface area contributed by atoms with E-state index in [0.717, 1.165) is 26.1 Å². The van der Waals surface area contributed by atoms with Crippen LogP contribution in [0.2, 0.25) is 0 Å². The zero-order valence-electron chi connectivity index (χ0n) is 9.45. The van der Waals surface area contributed by atoms with Crippen molar-refractivity contribution in [2.75, 3.05) is 26.3 Å². The fraction of sp³-hybridized carbons (Fsp3) is 0.800. The van der Waals surface area contributed by atoms with Gasteiger partial charge in [-0.2, -0.15) is 0 Å². The van der Waals surface area contributed by atoms with Crippen LogP contribution in [0.3, 0.4) is 0 Å². The second kappa shape index (κ2) is 7.36. The Morgan fingerprint density at radius 1 is 1.20 bits per heavy atom. The molecule has 0 aromatic carbocycles. The lowest BCUT2D eigenvalue weighted by Gasteiger charge is -1.97. The third kappa shape index (κ3) is 4.90. The summed E-state index contributed by atoms with van der Waals surface area (Å²) in [5, 5.41) is 11.1. The van der Waals surface area contributed by atoms with Crippen molar-refractivity contribution in [3.8, 4) is 0 Å². The van der Waals surface area contributed by atoms with E-state index in [1.54, 1.807) is 0 Å². The van der Waals surface area contributed by atoms with E-state index in [4.69, 9.17) is 9.15 Å². The van der Waals surface area contributed by atoms with Crippen molar-refractivity contribution in [3.63, 3.8) is 0 Å². The van der Waals surface area contributed by atoms with Crippen molar-refractivity contribution in [2.45, 2.75) is 26.7 Å². The van der Waals surface area contributed by atoms with E-state index in [1.807, 2.05) is 6.92 Å². The van der Waals surface area contributed by atoms with Crippen LogP contribution in [0.25, 0.3) is 0 Å². The van der Waals surface area contributed by atoms with E-state index < -0.39 is 0 Å². The van der Waals surface area contributed by atoms with Crippen LogP contribution in [-0.2, 0) is 17.6 Å². The molecule has 5 nitrogen and oxygen atoms in total. The lowest BCUT2D eigenvalue weighted by molar-refractivity contribution is 0.145. The summed E-state index contributed by atoms with van der Waals surface area (Å²) in [5.74, 6) is 1.36. The number of hydrogen-bond acceptors (Lipinski definition) is 5. The maximum atomic E-state index is 5.43. The molecule has 1 rings (SSSR count). The number of aromatic nitrogens is 2. The molecule has 0 aliphatic heterocycles. The molecule has 0 amide bonds. The van der Waals surface area contributed by atoms with Crippen LogP contribution < -0.4 is 5.32 Å². The molecule has 0 bridgehead atoms. The molecule has 1 heterocycles. The predicted octanol–water partition coefficient (Wildman–Crippen LogP) is 0.801. The van der Waals surface area contributed by atoms with Gasteiger partial charge in [-0.05, 0) is 13.5 Å². The number of likely N-dealkylation sites (N-methyl/N-ethyl adjacent to an activating group) is 1. The Kier molecular flexibility index (Phi) is 5.96. The standard InChI is InChI=1S/C10H19N3O2/c1-3-11-7-5-9-12-13-10(15-9)6-8-14-4-2/h11H,3-8H2,1-2H3. The summed E-state index contributed by atoms with van der Waals surface area (Å²) >= 11 is 0. The number of rotatable bonds is 8. The van der Waals surface area contributed by atoms with Crippen LogP contribution >= 0.6 is 0 Å². The molecule has 0 radical (unpaired) electrons. The Morgan fingerprint density at radius 2 is 1.93 bits per heavy atom. The Morgan fingerprint density at radius 3 is 2.60 bits per heavy atom. The summed E-state index contributed by atoms with van der Waals surface area (Å²) in [4.78, 5) is 0. The molecule has 1 aromatic heterocycles. The van der Waals surface area contributed by atoms with Crippen LogP contribution in [0, 0.1) is 0 Å². The summed E-state index contributed by atoms with van der Waals surface area (Å²) < 4.78 is 10.6. The SMILES string of the molecule is CCNCCc1nnc(CCOCC)o1. The van der Waals surface area contributed by atoms with E-state index >= 15 is 0 Å². The van der Waals surface area contributed by atoms with Crippen molar-refractivity contribution in [1.29, 1.82) is 0 Å². The third-order valence-electron chi connectivity index (χ3n) is 1.94. The molecule has 0 atom stereocenters. The molecule has 0 fully saturated rings. The van der Waals surface area contributed by atoms with Gasteiger partial charge in [-0.3, -0.25) is 0 Å². The summed E-state index contributed by atoms with van der Waals surface area (Å²) in [6.07, 6.45) is 1.48. The largest absolute Gasteiger partial charge is 0.425 e. The van der Waals surface area contributed by atoms with E-state index in [-0.39, 0.29) is 0 Å². The minimum Gasteiger partial charge on any atom is -0.425 e. The first-order valence-electron chi connectivity index (χ1n) is 5.46. The first kappa shape index (κ1) is 12.1. The maximum absolute atomic E-state index is 5.43. The molecule has 0 saturated carbocycles. The molecule has 0 aliphatic rings. The maximum Gasteiger partial charge on any atom is 0.218 e. The molecule has 5 heteroatoms. The normalized spacial score (nSPS) is 10.8. The van der Waals surface area contributed by atoms with Gasteiger partial charge in [0.1, 0.15) is 0 Å². The number of hydrogen-bond donors (Lipinski definition) is 1. The quantitative estimate of drug-likeness (QED) is 0.647. The Balaban J connectivity index is 2.23. The second-order valence-corrected chi connectivity index (χ2v) is 3.14. The molecule has 0 unspecified atom stereocenters. The van der Waals surface area contributed by atoms with Gasteiger partial charge in [-0.1, -0.05) is 6.92 Å². The van der Waals surface area contributed by atoms with Gasteiger partial charge < -0.3 is 14.5 Å². The monoisotopic (exact) mass is 213 g/mol. The van der Waals surface area contributed by atoms with E-state index in [1.165, 1.54) is 0 Å². The third-order valence-corrected chi connectivity index (χ3v) is 1.94. The topological polar surface area (TPSA) is 60.2 Å². The summed E-state index contributed by atoms with van der Waals surface area (Å²) in [6.45, 7) is 7.25.